The summed E-state index contributed by atoms with van der Waals surface area (Å²) in [5.41, 5.74) is 7.30. The van der Waals surface area contributed by atoms with Crippen molar-refractivity contribution in [1.29, 1.82) is 0 Å². The predicted octanol–water partition coefficient (Wildman–Crippen LogP) is 2.14. The van der Waals surface area contributed by atoms with Gasteiger partial charge in [-0.3, -0.25) is 10.4 Å². The molecule has 5 heteroatoms. The molecule has 0 amide bonds. The third-order valence-corrected chi connectivity index (χ3v) is 2.13. The molecule has 0 aromatic carbocycles. The first-order valence-corrected chi connectivity index (χ1v) is 5.02. The Kier molecular flexibility index (Phi) is 2.76. The van der Waals surface area contributed by atoms with E-state index in [0.717, 1.165) is 28.0 Å². The zero-order chi connectivity index (χ0) is 11.5. The Morgan fingerprint density at radius 1 is 1.31 bits per heavy atom. The van der Waals surface area contributed by atoms with Crippen LogP contribution in [0.3, 0.4) is 0 Å². The first kappa shape index (κ1) is 10.5. The standard InChI is InChI=1S/C11H13N5/c1-7(2)14-15-9-6-13-16-10-8(3)4-5-12-11(9)10/h4-6H,1-3H3,(H,15,16). The van der Waals surface area contributed by atoms with Crippen molar-refractivity contribution < 1.29 is 0 Å². The minimum Gasteiger partial charge on any atom is -0.275 e. The first-order valence-electron chi connectivity index (χ1n) is 5.02. The van der Waals surface area contributed by atoms with E-state index in [1.54, 1.807) is 12.4 Å². The lowest BCUT2D eigenvalue weighted by molar-refractivity contribution is 1.06. The number of anilines is 1. The molecule has 16 heavy (non-hydrogen) atoms. The number of hydrogen-bond acceptors (Lipinski definition) is 5. The molecule has 82 valence electrons. The zero-order valence-corrected chi connectivity index (χ0v) is 9.52. The smallest absolute Gasteiger partial charge is 0.117 e. The van der Waals surface area contributed by atoms with Crippen LogP contribution in [0.5, 0.6) is 0 Å². The van der Waals surface area contributed by atoms with Crippen LogP contribution in [0.4, 0.5) is 5.69 Å². The molecule has 2 rings (SSSR count). The Bertz CT molecular complexity index is 543. The van der Waals surface area contributed by atoms with Crippen LogP contribution in [0.15, 0.2) is 23.6 Å². The fraction of sp³-hybridized carbons (Fsp3) is 0.273. The minimum absolute atomic E-state index is 0.773. The van der Waals surface area contributed by atoms with Crippen LogP contribution in [-0.2, 0) is 0 Å². The number of hydrogen-bond donors (Lipinski definition) is 1. The fourth-order valence-electron chi connectivity index (χ4n) is 1.33. The van der Waals surface area contributed by atoms with Crippen LogP contribution >= 0.6 is 0 Å². The molecular formula is C11H13N5. The number of hydrazone groups is 1. The molecule has 0 aliphatic heterocycles. The molecule has 0 aliphatic rings. The van der Waals surface area contributed by atoms with E-state index in [1.807, 2.05) is 26.8 Å². The van der Waals surface area contributed by atoms with E-state index < -0.39 is 0 Å². The van der Waals surface area contributed by atoms with Gasteiger partial charge < -0.3 is 0 Å². The molecule has 0 aliphatic carbocycles. The van der Waals surface area contributed by atoms with E-state index in [1.165, 1.54) is 0 Å². The lowest BCUT2D eigenvalue weighted by atomic mass is 10.2. The molecule has 2 heterocycles. The summed E-state index contributed by atoms with van der Waals surface area (Å²) in [6.45, 7) is 5.82. The summed E-state index contributed by atoms with van der Waals surface area (Å²) in [5, 5.41) is 12.1. The van der Waals surface area contributed by atoms with Crippen LogP contribution in [0.25, 0.3) is 11.0 Å². The summed E-state index contributed by atoms with van der Waals surface area (Å²) in [5.74, 6) is 0. The van der Waals surface area contributed by atoms with Crippen molar-refractivity contribution in [2.75, 3.05) is 5.43 Å². The summed E-state index contributed by atoms with van der Waals surface area (Å²) in [6.07, 6.45) is 3.38. The Morgan fingerprint density at radius 3 is 2.88 bits per heavy atom. The van der Waals surface area contributed by atoms with Gasteiger partial charge in [0.05, 0.1) is 6.20 Å². The Morgan fingerprint density at radius 2 is 2.12 bits per heavy atom. The number of nitrogens with zero attached hydrogens (tertiary/aromatic N) is 4. The van der Waals surface area contributed by atoms with Crippen molar-refractivity contribution in [3.05, 3.63) is 24.0 Å². The molecule has 2 aromatic heterocycles. The molecule has 0 atom stereocenters. The second-order valence-electron chi connectivity index (χ2n) is 3.75. The normalized spacial score (nSPS) is 10.2. The van der Waals surface area contributed by atoms with Gasteiger partial charge in [-0.1, -0.05) is 0 Å². The van der Waals surface area contributed by atoms with Gasteiger partial charge >= 0.3 is 0 Å². The van der Waals surface area contributed by atoms with Crippen molar-refractivity contribution >= 4 is 22.4 Å². The van der Waals surface area contributed by atoms with E-state index in [-0.39, 0.29) is 0 Å². The third-order valence-electron chi connectivity index (χ3n) is 2.13. The first-order chi connectivity index (χ1) is 7.68. The largest absolute Gasteiger partial charge is 0.275 e. The van der Waals surface area contributed by atoms with Gasteiger partial charge in [0.15, 0.2) is 0 Å². The topological polar surface area (TPSA) is 63.1 Å². The van der Waals surface area contributed by atoms with E-state index in [9.17, 15) is 0 Å². The molecule has 0 bridgehead atoms. The van der Waals surface area contributed by atoms with Crippen molar-refractivity contribution in [1.82, 2.24) is 15.2 Å². The van der Waals surface area contributed by atoms with E-state index in [2.05, 4.69) is 25.7 Å². The average molecular weight is 215 g/mol. The minimum atomic E-state index is 0.773. The summed E-state index contributed by atoms with van der Waals surface area (Å²) in [4.78, 5) is 4.29. The summed E-state index contributed by atoms with van der Waals surface area (Å²) in [6, 6.07) is 1.91. The van der Waals surface area contributed by atoms with Crippen molar-refractivity contribution in [2.45, 2.75) is 20.8 Å². The number of nitrogens with one attached hydrogen (secondary N) is 1. The van der Waals surface area contributed by atoms with Crippen LogP contribution < -0.4 is 5.43 Å². The highest BCUT2D eigenvalue weighted by molar-refractivity contribution is 5.89. The van der Waals surface area contributed by atoms with Gasteiger partial charge in [0.2, 0.25) is 0 Å². The van der Waals surface area contributed by atoms with Gasteiger partial charge in [0.1, 0.15) is 16.7 Å². The number of pyridine rings is 1. The SMILES string of the molecule is CC(C)=NNc1cnnc2c(C)ccnc12. The number of fused-ring (bicyclic) bond motifs is 1. The molecule has 2 aromatic rings. The maximum Gasteiger partial charge on any atom is 0.117 e. The van der Waals surface area contributed by atoms with Gasteiger partial charge in [-0.15, -0.1) is 5.10 Å². The fourth-order valence-corrected chi connectivity index (χ4v) is 1.33. The van der Waals surface area contributed by atoms with E-state index in [0.29, 0.717) is 0 Å². The lowest BCUT2D eigenvalue weighted by Gasteiger charge is -2.04. The summed E-state index contributed by atoms with van der Waals surface area (Å²) < 4.78 is 0. The lowest BCUT2D eigenvalue weighted by Crippen LogP contribution is -1.98. The Balaban J connectivity index is 2.54. The number of aromatic nitrogens is 3. The third kappa shape index (κ3) is 1.98. The summed E-state index contributed by atoms with van der Waals surface area (Å²) >= 11 is 0. The van der Waals surface area contributed by atoms with Crippen LogP contribution in [-0.4, -0.2) is 20.9 Å². The highest BCUT2D eigenvalue weighted by atomic mass is 15.3. The van der Waals surface area contributed by atoms with Gasteiger partial charge in [0, 0.05) is 11.9 Å². The number of rotatable bonds is 2. The van der Waals surface area contributed by atoms with Crippen molar-refractivity contribution in [3.8, 4) is 0 Å². The average Bonchev–Trinajstić information content (AvgIpc) is 2.27. The van der Waals surface area contributed by atoms with E-state index in [4.69, 9.17) is 0 Å². The molecule has 0 radical (unpaired) electrons. The van der Waals surface area contributed by atoms with Crippen molar-refractivity contribution in [3.63, 3.8) is 0 Å². The molecule has 0 saturated carbocycles. The van der Waals surface area contributed by atoms with Crippen LogP contribution in [0.2, 0.25) is 0 Å². The molecule has 0 spiro atoms. The number of aryl methyl sites for hydroxylation is 1. The van der Waals surface area contributed by atoms with Gasteiger partial charge in [-0.25, -0.2) is 0 Å². The molecular weight excluding hydrogens is 202 g/mol. The Hall–Kier alpha value is -2.04. The van der Waals surface area contributed by atoms with Gasteiger partial charge in [-0.05, 0) is 32.4 Å². The summed E-state index contributed by atoms with van der Waals surface area (Å²) in [7, 11) is 0. The maximum atomic E-state index is 4.29. The highest BCUT2D eigenvalue weighted by Crippen LogP contribution is 2.19. The predicted molar refractivity (Wildman–Crippen MR) is 64.5 cm³/mol. The van der Waals surface area contributed by atoms with Crippen LogP contribution in [0.1, 0.15) is 19.4 Å². The second-order valence-corrected chi connectivity index (χ2v) is 3.75. The second kappa shape index (κ2) is 4.22. The van der Waals surface area contributed by atoms with Crippen molar-refractivity contribution in [2.24, 2.45) is 5.10 Å². The molecule has 5 nitrogen and oxygen atoms in total. The molecule has 0 unspecified atom stereocenters. The van der Waals surface area contributed by atoms with Gasteiger partial charge in [-0.2, -0.15) is 10.2 Å². The van der Waals surface area contributed by atoms with Gasteiger partial charge in [0.25, 0.3) is 0 Å². The maximum absolute atomic E-state index is 4.29. The Labute approximate surface area is 93.6 Å². The highest BCUT2D eigenvalue weighted by Gasteiger charge is 2.05. The van der Waals surface area contributed by atoms with Crippen LogP contribution in [0, 0.1) is 6.92 Å². The van der Waals surface area contributed by atoms with E-state index >= 15 is 0 Å². The quantitative estimate of drug-likeness (QED) is 0.615. The molecule has 0 saturated heterocycles. The monoisotopic (exact) mass is 215 g/mol. The zero-order valence-electron chi connectivity index (χ0n) is 9.52. The molecule has 1 N–H and O–H groups in total. The molecule has 0 fully saturated rings.